The van der Waals surface area contributed by atoms with Gasteiger partial charge in [-0.1, -0.05) is 28.1 Å². The van der Waals surface area contributed by atoms with Gasteiger partial charge in [-0.25, -0.2) is 0 Å². The Morgan fingerprint density at radius 1 is 1.43 bits per heavy atom. The predicted molar refractivity (Wildman–Crippen MR) is 81.7 cm³/mol. The number of carbonyl (C=O) groups is 2. The van der Waals surface area contributed by atoms with Gasteiger partial charge in [-0.2, -0.15) is 0 Å². The first-order valence-corrected chi connectivity index (χ1v) is 7.29. The number of aliphatic carboxylic acids is 1. The van der Waals surface area contributed by atoms with Crippen LogP contribution >= 0.6 is 15.9 Å². The standard InChI is InChI=1S/C15H16BrNO4/c1-17(13-9-21-8-12(13)15(19)20)14(18)6-5-10-3-2-4-11(16)7-10/h2-7,12-13H,8-9H2,1H3,(H,19,20). The van der Waals surface area contributed by atoms with E-state index >= 15 is 0 Å². The minimum absolute atomic E-state index is 0.146. The van der Waals surface area contributed by atoms with Crippen LogP contribution in [0.5, 0.6) is 0 Å². The molecule has 0 bridgehead atoms. The predicted octanol–water partition coefficient (Wildman–Crippen LogP) is 2.02. The Labute approximate surface area is 131 Å². The smallest absolute Gasteiger partial charge is 0.311 e. The fourth-order valence-corrected chi connectivity index (χ4v) is 2.64. The average molecular weight is 354 g/mol. The van der Waals surface area contributed by atoms with Crippen molar-refractivity contribution >= 4 is 33.9 Å². The van der Waals surface area contributed by atoms with Gasteiger partial charge in [0.05, 0.1) is 19.3 Å². The monoisotopic (exact) mass is 353 g/mol. The second-order valence-corrected chi connectivity index (χ2v) is 5.80. The van der Waals surface area contributed by atoms with E-state index in [1.54, 1.807) is 13.1 Å². The number of ether oxygens (including phenoxy) is 1. The van der Waals surface area contributed by atoms with Crippen LogP contribution in [-0.2, 0) is 14.3 Å². The maximum Gasteiger partial charge on any atom is 0.311 e. The van der Waals surface area contributed by atoms with Crippen molar-refractivity contribution in [3.63, 3.8) is 0 Å². The van der Waals surface area contributed by atoms with Crippen LogP contribution in [0.15, 0.2) is 34.8 Å². The first kappa shape index (κ1) is 15.7. The fourth-order valence-electron chi connectivity index (χ4n) is 2.22. The van der Waals surface area contributed by atoms with E-state index in [0.29, 0.717) is 0 Å². The molecule has 1 fully saturated rings. The lowest BCUT2D eigenvalue weighted by Crippen LogP contribution is -2.43. The van der Waals surface area contributed by atoms with Gasteiger partial charge in [-0.15, -0.1) is 0 Å². The highest BCUT2D eigenvalue weighted by molar-refractivity contribution is 9.10. The zero-order valence-corrected chi connectivity index (χ0v) is 13.1. The molecule has 1 N–H and O–H groups in total. The molecule has 1 aromatic carbocycles. The van der Waals surface area contributed by atoms with Gasteiger partial charge in [-0.05, 0) is 23.8 Å². The first-order valence-electron chi connectivity index (χ1n) is 6.50. The summed E-state index contributed by atoms with van der Waals surface area (Å²) < 4.78 is 6.11. The summed E-state index contributed by atoms with van der Waals surface area (Å²) in [5, 5.41) is 9.11. The summed E-state index contributed by atoms with van der Waals surface area (Å²) >= 11 is 3.36. The van der Waals surface area contributed by atoms with Gasteiger partial charge in [0.25, 0.3) is 0 Å². The molecule has 1 aliphatic heterocycles. The van der Waals surface area contributed by atoms with Crippen molar-refractivity contribution in [1.82, 2.24) is 4.90 Å². The number of hydrogen-bond acceptors (Lipinski definition) is 3. The lowest BCUT2D eigenvalue weighted by Gasteiger charge is -2.25. The van der Waals surface area contributed by atoms with Crippen LogP contribution in [0.25, 0.3) is 6.08 Å². The molecular weight excluding hydrogens is 338 g/mol. The second-order valence-electron chi connectivity index (χ2n) is 4.89. The van der Waals surface area contributed by atoms with Gasteiger partial charge in [0.15, 0.2) is 0 Å². The quantitative estimate of drug-likeness (QED) is 0.841. The van der Waals surface area contributed by atoms with E-state index < -0.39 is 17.9 Å². The van der Waals surface area contributed by atoms with E-state index in [-0.39, 0.29) is 19.1 Å². The zero-order chi connectivity index (χ0) is 15.4. The second kappa shape index (κ2) is 6.87. The minimum atomic E-state index is -0.937. The van der Waals surface area contributed by atoms with E-state index in [4.69, 9.17) is 9.84 Å². The third kappa shape index (κ3) is 3.92. The molecule has 1 heterocycles. The lowest BCUT2D eigenvalue weighted by atomic mass is 10.0. The molecule has 6 heteroatoms. The highest BCUT2D eigenvalue weighted by atomic mass is 79.9. The molecule has 2 rings (SSSR count). The van der Waals surface area contributed by atoms with Crippen LogP contribution in [0.2, 0.25) is 0 Å². The average Bonchev–Trinajstić information content (AvgIpc) is 2.93. The fraction of sp³-hybridized carbons (Fsp3) is 0.333. The maximum absolute atomic E-state index is 12.1. The van der Waals surface area contributed by atoms with Crippen LogP contribution in [0.3, 0.4) is 0 Å². The van der Waals surface area contributed by atoms with Crippen molar-refractivity contribution in [3.05, 3.63) is 40.4 Å². The first-order chi connectivity index (χ1) is 9.99. The van der Waals surface area contributed by atoms with E-state index in [1.807, 2.05) is 24.3 Å². The number of benzene rings is 1. The molecule has 0 radical (unpaired) electrons. The van der Waals surface area contributed by atoms with E-state index in [0.717, 1.165) is 10.0 Å². The molecular formula is C15H16BrNO4. The van der Waals surface area contributed by atoms with E-state index in [2.05, 4.69) is 15.9 Å². The molecule has 0 aliphatic carbocycles. The zero-order valence-electron chi connectivity index (χ0n) is 11.5. The van der Waals surface area contributed by atoms with Crippen LogP contribution in [0.1, 0.15) is 5.56 Å². The summed E-state index contributed by atoms with van der Waals surface area (Å²) in [6.07, 6.45) is 3.15. The summed E-state index contributed by atoms with van der Waals surface area (Å²) in [5.41, 5.74) is 0.892. The van der Waals surface area contributed by atoms with Crippen molar-refractivity contribution in [2.24, 2.45) is 5.92 Å². The van der Waals surface area contributed by atoms with Gasteiger partial charge in [0, 0.05) is 17.6 Å². The number of hydrogen-bond donors (Lipinski definition) is 1. The van der Waals surface area contributed by atoms with Crippen molar-refractivity contribution in [1.29, 1.82) is 0 Å². The molecule has 112 valence electrons. The Bertz CT molecular complexity index is 573. The number of carbonyl (C=O) groups excluding carboxylic acids is 1. The topological polar surface area (TPSA) is 66.8 Å². The Morgan fingerprint density at radius 2 is 2.19 bits per heavy atom. The molecule has 2 atom stereocenters. The highest BCUT2D eigenvalue weighted by Crippen LogP contribution is 2.19. The molecule has 0 saturated carbocycles. The molecule has 5 nitrogen and oxygen atoms in total. The number of nitrogens with zero attached hydrogens (tertiary/aromatic N) is 1. The molecule has 21 heavy (non-hydrogen) atoms. The third-order valence-corrected chi connectivity index (χ3v) is 3.97. The Morgan fingerprint density at radius 3 is 2.86 bits per heavy atom. The summed E-state index contributed by atoms with van der Waals surface area (Å²) in [6, 6.07) is 7.12. The van der Waals surface area contributed by atoms with E-state index in [9.17, 15) is 9.59 Å². The minimum Gasteiger partial charge on any atom is -0.481 e. The van der Waals surface area contributed by atoms with E-state index in [1.165, 1.54) is 11.0 Å². The lowest BCUT2D eigenvalue weighted by molar-refractivity contribution is -0.143. The Hall–Kier alpha value is -1.66. The third-order valence-electron chi connectivity index (χ3n) is 3.48. The van der Waals surface area contributed by atoms with Crippen LogP contribution in [0.4, 0.5) is 0 Å². The molecule has 1 amide bonds. The van der Waals surface area contributed by atoms with Gasteiger partial charge >= 0.3 is 5.97 Å². The normalized spacial score (nSPS) is 21.6. The van der Waals surface area contributed by atoms with Crippen LogP contribution < -0.4 is 0 Å². The number of likely N-dealkylation sites (N-methyl/N-ethyl adjacent to an activating group) is 1. The van der Waals surface area contributed by atoms with Crippen LogP contribution in [0, 0.1) is 5.92 Å². The summed E-state index contributed by atoms with van der Waals surface area (Å²) in [5.74, 6) is -1.84. The van der Waals surface area contributed by atoms with Crippen LogP contribution in [-0.4, -0.2) is 48.2 Å². The molecule has 0 aromatic heterocycles. The number of halogens is 1. The van der Waals surface area contributed by atoms with Crippen molar-refractivity contribution in [3.8, 4) is 0 Å². The number of amides is 1. The molecule has 0 spiro atoms. The van der Waals surface area contributed by atoms with Gasteiger partial charge in [0.1, 0.15) is 5.92 Å². The molecule has 1 aliphatic rings. The van der Waals surface area contributed by atoms with Gasteiger partial charge < -0.3 is 14.7 Å². The van der Waals surface area contributed by atoms with Crippen molar-refractivity contribution in [2.75, 3.05) is 20.3 Å². The van der Waals surface area contributed by atoms with Crippen molar-refractivity contribution < 1.29 is 19.4 Å². The van der Waals surface area contributed by atoms with Gasteiger partial charge in [-0.3, -0.25) is 9.59 Å². The number of rotatable bonds is 4. The Balaban J connectivity index is 2.04. The number of carboxylic acid groups (broad SMARTS) is 1. The molecule has 2 unspecified atom stereocenters. The molecule has 1 aromatic rings. The summed E-state index contributed by atoms with van der Waals surface area (Å²) in [6.45, 7) is 0.400. The van der Waals surface area contributed by atoms with Gasteiger partial charge in [0.2, 0.25) is 5.91 Å². The van der Waals surface area contributed by atoms with Crippen molar-refractivity contribution in [2.45, 2.75) is 6.04 Å². The largest absolute Gasteiger partial charge is 0.481 e. The maximum atomic E-state index is 12.1. The molecule has 1 saturated heterocycles. The number of carboxylic acids is 1. The summed E-state index contributed by atoms with van der Waals surface area (Å²) in [7, 11) is 1.60. The SMILES string of the molecule is CN(C(=O)C=Cc1cccc(Br)c1)C1COCC1C(=O)O. The Kier molecular flexibility index (Phi) is 5.14. The summed E-state index contributed by atoms with van der Waals surface area (Å²) in [4.78, 5) is 24.7. The highest BCUT2D eigenvalue weighted by Gasteiger charge is 2.37.